The van der Waals surface area contributed by atoms with Gasteiger partial charge in [-0.3, -0.25) is 14.0 Å². The van der Waals surface area contributed by atoms with Gasteiger partial charge in [0.05, 0.1) is 11.9 Å². The molecule has 7 heteroatoms. The van der Waals surface area contributed by atoms with Crippen LogP contribution in [0.4, 0.5) is 5.69 Å². The van der Waals surface area contributed by atoms with E-state index in [1.54, 1.807) is 12.1 Å². The van der Waals surface area contributed by atoms with Gasteiger partial charge in [-0.25, -0.2) is 8.42 Å². The molecule has 0 radical (unpaired) electrons. The van der Waals surface area contributed by atoms with E-state index in [4.69, 9.17) is 0 Å². The highest BCUT2D eigenvalue weighted by Crippen LogP contribution is 2.30. The number of nitrogens with one attached hydrogen (secondary N) is 1. The second-order valence-electron chi connectivity index (χ2n) is 7.70. The molecule has 0 fully saturated rings. The molecule has 1 amide bonds. The summed E-state index contributed by atoms with van der Waals surface area (Å²) >= 11 is 0. The van der Waals surface area contributed by atoms with Crippen LogP contribution in [0.5, 0.6) is 0 Å². The molecule has 0 bridgehead atoms. The Balaban J connectivity index is 1.69. The topological polar surface area (TPSA) is 69.7 Å². The number of carbonyl (C=O) groups excluding carboxylic acids is 1. The molecule has 0 saturated heterocycles. The van der Waals surface area contributed by atoms with Crippen LogP contribution in [0.1, 0.15) is 35.3 Å². The Labute approximate surface area is 179 Å². The Kier molecular flexibility index (Phi) is 7.15. The van der Waals surface area contributed by atoms with Gasteiger partial charge in [0.1, 0.15) is 0 Å². The van der Waals surface area contributed by atoms with Crippen LogP contribution in [-0.4, -0.2) is 57.7 Å². The van der Waals surface area contributed by atoms with Crippen LogP contribution in [0, 0.1) is 0 Å². The van der Waals surface area contributed by atoms with Crippen molar-refractivity contribution in [2.24, 2.45) is 0 Å². The fraction of sp³-hybridized carbons (Fsp3) is 0.435. The maximum atomic E-state index is 12.8. The van der Waals surface area contributed by atoms with Crippen molar-refractivity contribution in [3.63, 3.8) is 0 Å². The van der Waals surface area contributed by atoms with Gasteiger partial charge in [-0.05, 0) is 55.3 Å². The Morgan fingerprint density at radius 2 is 1.83 bits per heavy atom. The van der Waals surface area contributed by atoms with Crippen LogP contribution in [0.3, 0.4) is 0 Å². The van der Waals surface area contributed by atoms with Crippen LogP contribution in [-0.2, 0) is 22.9 Å². The lowest BCUT2D eigenvalue weighted by Gasteiger charge is -2.30. The van der Waals surface area contributed by atoms with E-state index in [1.165, 1.54) is 16.1 Å². The standard InChI is InChI=1S/C23H31N3O3S/c1-4-25(5-2)21(15-18-9-7-6-8-10-18)17-24-23(27)20-11-12-22-19(16-20)13-14-26(22)30(3,28)29/h6-12,16,21H,4-5,13-15,17H2,1-3H3,(H,24,27)/t21-/m0/s1. The summed E-state index contributed by atoms with van der Waals surface area (Å²) in [5.41, 5.74) is 3.40. The summed E-state index contributed by atoms with van der Waals surface area (Å²) in [5.74, 6) is -0.124. The zero-order valence-corrected chi connectivity index (χ0v) is 18.8. The summed E-state index contributed by atoms with van der Waals surface area (Å²) in [7, 11) is -3.29. The third kappa shape index (κ3) is 5.21. The van der Waals surface area contributed by atoms with E-state index >= 15 is 0 Å². The van der Waals surface area contributed by atoms with E-state index in [1.807, 2.05) is 24.3 Å². The lowest BCUT2D eigenvalue weighted by molar-refractivity contribution is 0.0934. The maximum absolute atomic E-state index is 12.8. The minimum absolute atomic E-state index is 0.124. The predicted octanol–water partition coefficient (Wildman–Crippen LogP) is 2.69. The molecular formula is C23H31N3O3S. The van der Waals surface area contributed by atoms with Gasteiger partial charge in [0.25, 0.3) is 5.91 Å². The lowest BCUT2D eigenvalue weighted by Crippen LogP contribution is -2.45. The van der Waals surface area contributed by atoms with Crippen molar-refractivity contribution in [3.05, 3.63) is 65.2 Å². The van der Waals surface area contributed by atoms with E-state index in [9.17, 15) is 13.2 Å². The molecule has 1 aliphatic heterocycles. The Morgan fingerprint density at radius 3 is 2.47 bits per heavy atom. The average molecular weight is 430 g/mol. The SMILES string of the molecule is CCN(CC)[C@H](CNC(=O)c1ccc2c(c1)CCN2S(C)(=O)=O)Cc1ccccc1. The monoisotopic (exact) mass is 429 g/mol. The second-order valence-corrected chi connectivity index (χ2v) is 9.61. The minimum atomic E-state index is -3.29. The van der Waals surface area contributed by atoms with Crippen LogP contribution in [0.25, 0.3) is 0 Å². The molecule has 3 rings (SSSR count). The van der Waals surface area contributed by atoms with Crippen LogP contribution in [0.15, 0.2) is 48.5 Å². The first kappa shape index (κ1) is 22.3. The molecule has 0 aliphatic carbocycles. The number of anilines is 1. The lowest BCUT2D eigenvalue weighted by atomic mass is 10.0. The molecule has 0 unspecified atom stereocenters. The third-order valence-electron chi connectivity index (χ3n) is 5.74. The fourth-order valence-electron chi connectivity index (χ4n) is 4.13. The molecule has 1 aliphatic rings. The Bertz CT molecular complexity index is 972. The number of likely N-dealkylation sites (N-methyl/N-ethyl adjacent to an activating group) is 1. The number of amides is 1. The second kappa shape index (κ2) is 9.62. The first-order valence-electron chi connectivity index (χ1n) is 10.5. The molecule has 1 heterocycles. The van der Waals surface area contributed by atoms with E-state index in [2.05, 4.69) is 36.2 Å². The van der Waals surface area contributed by atoms with Crippen molar-refractivity contribution in [1.82, 2.24) is 10.2 Å². The van der Waals surface area contributed by atoms with Gasteiger partial charge in [-0.1, -0.05) is 44.2 Å². The fourth-order valence-corrected chi connectivity index (χ4v) is 5.08. The maximum Gasteiger partial charge on any atom is 0.251 e. The van der Waals surface area contributed by atoms with Crippen molar-refractivity contribution >= 4 is 21.6 Å². The van der Waals surface area contributed by atoms with Crippen molar-refractivity contribution in [2.75, 3.05) is 36.7 Å². The number of hydrogen-bond donors (Lipinski definition) is 1. The third-order valence-corrected chi connectivity index (χ3v) is 6.92. The number of sulfonamides is 1. The summed E-state index contributed by atoms with van der Waals surface area (Å²) < 4.78 is 25.2. The summed E-state index contributed by atoms with van der Waals surface area (Å²) in [6, 6.07) is 15.8. The molecule has 0 aromatic heterocycles. The van der Waals surface area contributed by atoms with E-state index in [0.29, 0.717) is 30.8 Å². The number of hydrogen-bond acceptors (Lipinski definition) is 4. The number of rotatable bonds is 9. The molecule has 1 atom stereocenters. The largest absolute Gasteiger partial charge is 0.350 e. The van der Waals surface area contributed by atoms with Gasteiger partial charge in [-0.2, -0.15) is 0 Å². The zero-order valence-electron chi connectivity index (χ0n) is 18.0. The summed E-state index contributed by atoms with van der Waals surface area (Å²) in [5, 5.41) is 3.09. The van der Waals surface area contributed by atoms with Crippen molar-refractivity contribution in [1.29, 1.82) is 0 Å². The molecule has 1 N–H and O–H groups in total. The first-order chi connectivity index (χ1) is 14.3. The smallest absolute Gasteiger partial charge is 0.251 e. The van der Waals surface area contributed by atoms with Gasteiger partial charge in [0.2, 0.25) is 10.0 Å². The van der Waals surface area contributed by atoms with Crippen molar-refractivity contribution in [3.8, 4) is 0 Å². The predicted molar refractivity (Wildman–Crippen MR) is 122 cm³/mol. The van der Waals surface area contributed by atoms with Gasteiger partial charge < -0.3 is 5.32 Å². The first-order valence-corrected chi connectivity index (χ1v) is 12.3. The van der Waals surface area contributed by atoms with Crippen LogP contribution in [0.2, 0.25) is 0 Å². The molecular weight excluding hydrogens is 398 g/mol. The summed E-state index contributed by atoms with van der Waals surface area (Å²) in [6.07, 6.45) is 2.71. The van der Waals surface area contributed by atoms with Crippen molar-refractivity contribution in [2.45, 2.75) is 32.7 Å². The minimum Gasteiger partial charge on any atom is -0.350 e. The highest BCUT2D eigenvalue weighted by atomic mass is 32.2. The number of benzene rings is 2. The van der Waals surface area contributed by atoms with E-state index in [0.717, 1.165) is 25.1 Å². The summed E-state index contributed by atoms with van der Waals surface area (Å²) in [4.78, 5) is 15.2. The average Bonchev–Trinajstić information content (AvgIpc) is 3.17. The zero-order chi connectivity index (χ0) is 21.7. The van der Waals surface area contributed by atoms with E-state index in [-0.39, 0.29) is 11.9 Å². The number of fused-ring (bicyclic) bond motifs is 1. The quantitative estimate of drug-likeness (QED) is 0.665. The Morgan fingerprint density at radius 1 is 1.13 bits per heavy atom. The normalized spacial score (nSPS) is 14.6. The number of nitrogens with zero attached hydrogens (tertiary/aromatic N) is 2. The van der Waals surface area contributed by atoms with Crippen LogP contribution >= 0.6 is 0 Å². The molecule has 2 aromatic rings. The molecule has 0 saturated carbocycles. The molecule has 0 spiro atoms. The van der Waals surface area contributed by atoms with Gasteiger partial charge in [0, 0.05) is 24.7 Å². The number of carbonyl (C=O) groups is 1. The van der Waals surface area contributed by atoms with Crippen LogP contribution < -0.4 is 9.62 Å². The Hall–Kier alpha value is -2.38. The molecule has 162 valence electrons. The molecule has 30 heavy (non-hydrogen) atoms. The summed E-state index contributed by atoms with van der Waals surface area (Å²) in [6.45, 7) is 7.10. The van der Waals surface area contributed by atoms with Gasteiger partial charge >= 0.3 is 0 Å². The van der Waals surface area contributed by atoms with Gasteiger partial charge in [-0.15, -0.1) is 0 Å². The van der Waals surface area contributed by atoms with E-state index < -0.39 is 10.0 Å². The highest BCUT2D eigenvalue weighted by Gasteiger charge is 2.27. The van der Waals surface area contributed by atoms with Crippen molar-refractivity contribution < 1.29 is 13.2 Å². The molecule has 6 nitrogen and oxygen atoms in total. The highest BCUT2D eigenvalue weighted by molar-refractivity contribution is 7.92. The molecule has 2 aromatic carbocycles. The van der Waals surface area contributed by atoms with Gasteiger partial charge in [0.15, 0.2) is 0 Å².